The zero-order valence-electron chi connectivity index (χ0n) is 14.8. The molecular formula is C20H20N6. The summed E-state index contributed by atoms with van der Waals surface area (Å²) in [5, 5.41) is 7.07. The molecule has 0 saturated carbocycles. The predicted molar refractivity (Wildman–Crippen MR) is 100 cm³/mol. The molecule has 1 aromatic carbocycles. The van der Waals surface area contributed by atoms with E-state index in [1.165, 1.54) is 11.1 Å². The summed E-state index contributed by atoms with van der Waals surface area (Å²) in [6.45, 7) is 4.03. The van der Waals surface area contributed by atoms with E-state index in [1.54, 1.807) is 6.20 Å². The first-order valence-electron chi connectivity index (χ1n) is 8.69. The third-order valence-corrected chi connectivity index (χ3v) is 4.32. The molecule has 0 radical (unpaired) electrons. The molecular weight excluding hydrogens is 324 g/mol. The first kappa shape index (κ1) is 16.2. The van der Waals surface area contributed by atoms with E-state index in [4.69, 9.17) is 0 Å². The van der Waals surface area contributed by atoms with Crippen LogP contribution in [-0.4, -0.2) is 29.7 Å². The van der Waals surface area contributed by atoms with Crippen molar-refractivity contribution in [3.05, 3.63) is 77.8 Å². The fourth-order valence-corrected chi connectivity index (χ4v) is 2.89. The maximum absolute atomic E-state index is 4.55. The Kier molecular flexibility index (Phi) is 4.31. The standard InChI is InChI=1S/C20H20N6/c1-3-15-6-9-18(22-13-15)20-21-10-11-26(20)17-7-4-16(5-8-17)12-19-23-14(2)24-25-19/h4-11,13H,3,12H2,1-2H3,(H,23,24,25). The molecule has 0 bridgehead atoms. The van der Waals surface area contributed by atoms with Gasteiger partial charge in [-0.1, -0.05) is 25.1 Å². The second-order valence-corrected chi connectivity index (χ2v) is 6.21. The molecule has 0 aliphatic carbocycles. The van der Waals surface area contributed by atoms with E-state index in [1.807, 2.05) is 25.4 Å². The third kappa shape index (κ3) is 3.26. The maximum atomic E-state index is 4.55. The van der Waals surface area contributed by atoms with Gasteiger partial charge in [0.05, 0.1) is 0 Å². The normalized spacial score (nSPS) is 11.0. The van der Waals surface area contributed by atoms with Crippen molar-refractivity contribution in [1.29, 1.82) is 0 Å². The quantitative estimate of drug-likeness (QED) is 0.601. The second-order valence-electron chi connectivity index (χ2n) is 6.21. The molecule has 0 atom stereocenters. The number of nitrogens with zero attached hydrogens (tertiary/aromatic N) is 5. The summed E-state index contributed by atoms with van der Waals surface area (Å²) in [5.74, 6) is 2.48. The minimum atomic E-state index is 0.710. The Morgan fingerprint density at radius 3 is 2.46 bits per heavy atom. The first-order chi connectivity index (χ1) is 12.7. The highest BCUT2D eigenvalue weighted by Crippen LogP contribution is 2.21. The fourth-order valence-electron chi connectivity index (χ4n) is 2.89. The Labute approximate surface area is 152 Å². The molecule has 1 N–H and O–H groups in total. The average Bonchev–Trinajstić information content (AvgIpc) is 3.32. The molecule has 0 aliphatic rings. The summed E-state index contributed by atoms with van der Waals surface area (Å²) >= 11 is 0. The van der Waals surface area contributed by atoms with Gasteiger partial charge in [0, 0.05) is 30.7 Å². The van der Waals surface area contributed by atoms with Crippen molar-refractivity contribution >= 4 is 0 Å². The molecule has 0 saturated heterocycles. The zero-order valence-corrected chi connectivity index (χ0v) is 14.8. The van der Waals surface area contributed by atoms with Gasteiger partial charge >= 0.3 is 0 Å². The van der Waals surface area contributed by atoms with Gasteiger partial charge in [-0.2, -0.15) is 5.10 Å². The van der Waals surface area contributed by atoms with Crippen molar-refractivity contribution in [1.82, 2.24) is 29.7 Å². The largest absolute Gasteiger partial charge is 0.299 e. The minimum Gasteiger partial charge on any atom is -0.299 e. The van der Waals surface area contributed by atoms with Crippen LogP contribution < -0.4 is 0 Å². The maximum Gasteiger partial charge on any atom is 0.163 e. The summed E-state index contributed by atoms with van der Waals surface area (Å²) in [6.07, 6.45) is 7.36. The summed E-state index contributed by atoms with van der Waals surface area (Å²) in [4.78, 5) is 13.4. The van der Waals surface area contributed by atoms with Crippen LogP contribution in [0.2, 0.25) is 0 Å². The summed E-state index contributed by atoms with van der Waals surface area (Å²) in [6, 6.07) is 12.5. The first-order valence-corrected chi connectivity index (χ1v) is 8.69. The van der Waals surface area contributed by atoms with Gasteiger partial charge in [-0.25, -0.2) is 9.97 Å². The molecule has 3 aromatic heterocycles. The highest BCUT2D eigenvalue weighted by molar-refractivity contribution is 5.54. The molecule has 130 valence electrons. The molecule has 3 heterocycles. The van der Waals surface area contributed by atoms with Gasteiger partial charge in [-0.3, -0.25) is 14.6 Å². The number of aryl methyl sites for hydroxylation is 2. The van der Waals surface area contributed by atoms with Crippen LogP contribution in [0.3, 0.4) is 0 Å². The zero-order chi connectivity index (χ0) is 17.9. The van der Waals surface area contributed by atoms with E-state index in [9.17, 15) is 0 Å². The lowest BCUT2D eigenvalue weighted by Crippen LogP contribution is -1.99. The molecule has 4 rings (SSSR count). The van der Waals surface area contributed by atoms with Crippen LogP contribution in [0, 0.1) is 6.92 Å². The van der Waals surface area contributed by atoms with Crippen molar-refractivity contribution in [3.63, 3.8) is 0 Å². The van der Waals surface area contributed by atoms with E-state index in [0.29, 0.717) is 6.42 Å². The number of pyridine rings is 1. The molecule has 6 nitrogen and oxygen atoms in total. The van der Waals surface area contributed by atoms with Crippen LogP contribution in [0.25, 0.3) is 17.2 Å². The minimum absolute atomic E-state index is 0.710. The highest BCUT2D eigenvalue weighted by Gasteiger charge is 2.09. The summed E-state index contributed by atoms with van der Waals surface area (Å²) in [5.41, 5.74) is 4.31. The van der Waals surface area contributed by atoms with Gasteiger partial charge in [-0.05, 0) is 42.7 Å². The van der Waals surface area contributed by atoms with Gasteiger partial charge in [-0.15, -0.1) is 0 Å². The van der Waals surface area contributed by atoms with Gasteiger partial charge in [0.2, 0.25) is 0 Å². The van der Waals surface area contributed by atoms with Crippen molar-refractivity contribution in [2.24, 2.45) is 0 Å². The van der Waals surface area contributed by atoms with Crippen LogP contribution in [0.4, 0.5) is 0 Å². The Bertz CT molecular complexity index is 995. The number of rotatable bonds is 5. The van der Waals surface area contributed by atoms with E-state index in [2.05, 4.69) is 67.0 Å². The van der Waals surface area contributed by atoms with Crippen molar-refractivity contribution in [3.8, 4) is 17.2 Å². The van der Waals surface area contributed by atoms with Gasteiger partial charge in [0.1, 0.15) is 11.5 Å². The number of nitrogens with one attached hydrogen (secondary N) is 1. The van der Waals surface area contributed by atoms with Crippen LogP contribution >= 0.6 is 0 Å². The third-order valence-electron chi connectivity index (χ3n) is 4.32. The molecule has 0 fully saturated rings. The molecule has 0 unspecified atom stereocenters. The highest BCUT2D eigenvalue weighted by atomic mass is 15.2. The van der Waals surface area contributed by atoms with E-state index < -0.39 is 0 Å². The number of imidazole rings is 1. The Hall–Kier alpha value is -3.28. The van der Waals surface area contributed by atoms with Gasteiger partial charge in [0.25, 0.3) is 0 Å². The average molecular weight is 344 g/mol. The number of aromatic amines is 1. The molecule has 0 spiro atoms. The van der Waals surface area contributed by atoms with E-state index >= 15 is 0 Å². The molecule has 0 amide bonds. The summed E-state index contributed by atoms with van der Waals surface area (Å²) < 4.78 is 2.05. The number of H-pyrrole nitrogens is 1. The predicted octanol–water partition coefficient (Wildman–Crippen LogP) is 3.51. The lowest BCUT2D eigenvalue weighted by atomic mass is 10.1. The SMILES string of the molecule is CCc1ccc(-c2nccn2-c2ccc(Cc3n[nH]c(C)n3)cc2)nc1. The number of hydrogen-bond acceptors (Lipinski definition) is 4. The molecule has 6 heteroatoms. The monoisotopic (exact) mass is 344 g/mol. The van der Waals surface area contributed by atoms with Crippen molar-refractivity contribution in [2.75, 3.05) is 0 Å². The Morgan fingerprint density at radius 2 is 1.81 bits per heavy atom. The smallest absolute Gasteiger partial charge is 0.163 e. The molecule has 0 aliphatic heterocycles. The Morgan fingerprint density at radius 1 is 1.00 bits per heavy atom. The molecule has 4 aromatic rings. The number of benzene rings is 1. The molecule has 26 heavy (non-hydrogen) atoms. The fraction of sp³-hybridized carbons (Fsp3) is 0.200. The van der Waals surface area contributed by atoms with Gasteiger partial charge in [0.15, 0.2) is 11.6 Å². The topological polar surface area (TPSA) is 72.3 Å². The van der Waals surface area contributed by atoms with Crippen LogP contribution in [0.1, 0.15) is 29.7 Å². The second kappa shape index (κ2) is 6.92. The van der Waals surface area contributed by atoms with Crippen molar-refractivity contribution < 1.29 is 0 Å². The van der Waals surface area contributed by atoms with E-state index in [-0.39, 0.29) is 0 Å². The Balaban J connectivity index is 1.59. The number of hydrogen-bond donors (Lipinski definition) is 1. The van der Waals surface area contributed by atoms with Crippen molar-refractivity contribution in [2.45, 2.75) is 26.7 Å². The van der Waals surface area contributed by atoms with Gasteiger partial charge < -0.3 is 0 Å². The number of aromatic nitrogens is 6. The lowest BCUT2D eigenvalue weighted by Gasteiger charge is -2.09. The van der Waals surface area contributed by atoms with Crippen LogP contribution in [0.15, 0.2) is 55.0 Å². The van der Waals surface area contributed by atoms with E-state index in [0.717, 1.165) is 35.3 Å². The summed E-state index contributed by atoms with van der Waals surface area (Å²) in [7, 11) is 0. The van der Waals surface area contributed by atoms with Crippen LogP contribution in [0.5, 0.6) is 0 Å². The van der Waals surface area contributed by atoms with Crippen LogP contribution in [-0.2, 0) is 12.8 Å². The lowest BCUT2D eigenvalue weighted by molar-refractivity contribution is 0.967.